The van der Waals surface area contributed by atoms with E-state index < -0.39 is 5.91 Å². The van der Waals surface area contributed by atoms with Gasteiger partial charge in [-0.25, -0.2) is 0 Å². The summed E-state index contributed by atoms with van der Waals surface area (Å²) < 4.78 is 0. The van der Waals surface area contributed by atoms with Gasteiger partial charge in [0.1, 0.15) is 17.5 Å². The minimum absolute atomic E-state index is 0.0344. The second kappa shape index (κ2) is 4.99. The predicted molar refractivity (Wildman–Crippen MR) is 52.0 cm³/mol. The van der Waals surface area contributed by atoms with Crippen molar-refractivity contribution in [3.05, 3.63) is 11.3 Å². The van der Waals surface area contributed by atoms with Crippen molar-refractivity contribution in [2.45, 2.75) is 6.42 Å². The van der Waals surface area contributed by atoms with Gasteiger partial charge in [-0.15, -0.1) is 11.6 Å². The molecule has 6 nitrogen and oxygen atoms in total. The summed E-state index contributed by atoms with van der Waals surface area (Å²) in [5.74, 6) is -0.567. The lowest BCUT2D eigenvalue weighted by atomic mass is 10.2. The highest BCUT2D eigenvalue weighted by Gasteiger charge is 2.14. The van der Waals surface area contributed by atoms with Crippen molar-refractivity contribution in [3.8, 4) is 12.1 Å². The Hall–Kier alpha value is -2.05. The van der Waals surface area contributed by atoms with Gasteiger partial charge in [-0.1, -0.05) is 0 Å². The number of amides is 1. The number of carbonyl (C=O) groups is 1. The standard InChI is InChI=1S/C8H6ClN5O/c9-3-7(15)12-8-5(4-11)6(1-2-10)13-14-8/h1,3H2,(H2,12,13,14,15). The number of halogens is 1. The number of aromatic amines is 1. The number of aromatic nitrogens is 2. The molecule has 0 aromatic carbocycles. The zero-order valence-corrected chi connectivity index (χ0v) is 8.30. The van der Waals surface area contributed by atoms with Crippen LogP contribution in [0.5, 0.6) is 0 Å². The number of H-pyrrole nitrogens is 1. The lowest BCUT2D eigenvalue weighted by Gasteiger charge is -1.97. The molecule has 76 valence electrons. The van der Waals surface area contributed by atoms with Crippen LogP contribution >= 0.6 is 11.6 Å². The Balaban J connectivity index is 2.96. The number of nitrogens with zero attached hydrogens (tertiary/aromatic N) is 3. The van der Waals surface area contributed by atoms with E-state index in [2.05, 4.69) is 15.5 Å². The average molecular weight is 224 g/mol. The second-order valence-corrected chi connectivity index (χ2v) is 2.82. The largest absolute Gasteiger partial charge is 0.307 e. The Morgan fingerprint density at radius 1 is 1.60 bits per heavy atom. The minimum atomic E-state index is -0.455. The van der Waals surface area contributed by atoms with E-state index in [0.717, 1.165) is 0 Å². The predicted octanol–water partition coefficient (Wildman–Crippen LogP) is 0.525. The van der Waals surface area contributed by atoms with Crippen LogP contribution in [0.25, 0.3) is 0 Å². The SMILES string of the molecule is N#CCc1[nH]nc(NC(=O)CCl)c1C#N. The van der Waals surface area contributed by atoms with Crippen LogP contribution in [0.15, 0.2) is 0 Å². The highest BCUT2D eigenvalue weighted by Crippen LogP contribution is 2.15. The van der Waals surface area contributed by atoms with Crippen molar-refractivity contribution in [2.75, 3.05) is 11.2 Å². The average Bonchev–Trinajstić information content (AvgIpc) is 2.61. The summed E-state index contributed by atoms with van der Waals surface area (Å²) in [6.45, 7) is 0. The number of anilines is 1. The van der Waals surface area contributed by atoms with Gasteiger partial charge in [0, 0.05) is 0 Å². The summed E-state index contributed by atoms with van der Waals surface area (Å²) in [5.41, 5.74) is 0.542. The second-order valence-electron chi connectivity index (χ2n) is 2.55. The minimum Gasteiger partial charge on any atom is -0.307 e. The molecule has 0 fully saturated rings. The number of rotatable bonds is 3. The summed E-state index contributed by atoms with van der Waals surface area (Å²) in [4.78, 5) is 10.9. The number of alkyl halides is 1. The van der Waals surface area contributed by atoms with Crippen LogP contribution in [0, 0.1) is 22.7 Å². The van der Waals surface area contributed by atoms with Crippen LogP contribution in [0.2, 0.25) is 0 Å². The Labute approximate surface area is 90.5 Å². The summed E-state index contributed by atoms with van der Waals surface area (Å²) >= 11 is 5.28. The van der Waals surface area contributed by atoms with E-state index in [1.54, 1.807) is 0 Å². The van der Waals surface area contributed by atoms with Crippen molar-refractivity contribution in [3.63, 3.8) is 0 Å². The fraction of sp³-hybridized carbons (Fsp3) is 0.250. The van der Waals surface area contributed by atoms with Crippen molar-refractivity contribution in [2.24, 2.45) is 0 Å². The first-order chi connectivity index (χ1) is 7.22. The first kappa shape index (κ1) is 11.0. The Morgan fingerprint density at radius 2 is 2.33 bits per heavy atom. The molecule has 0 spiro atoms. The zero-order chi connectivity index (χ0) is 11.3. The number of nitriles is 2. The van der Waals surface area contributed by atoms with E-state index in [4.69, 9.17) is 22.1 Å². The van der Waals surface area contributed by atoms with Gasteiger partial charge >= 0.3 is 0 Å². The maximum Gasteiger partial charge on any atom is 0.240 e. The number of hydrogen-bond acceptors (Lipinski definition) is 4. The third-order valence-electron chi connectivity index (χ3n) is 1.59. The molecule has 2 N–H and O–H groups in total. The Morgan fingerprint density at radius 3 is 2.87 bits per heavy atom. The molecule has 15 heavy (non-hydrogen) atoms. The molecule has 7 heteroatoms. The number of carbonyl (C=O) groups excluding carboxylic acids is 1. The molecule has 1 heterocycles. The first-order valence-corrected chi connectivity index (χ1v) is 4.46. The van der Waals surface area contributed by atoms with Gasteiger partial charge in [0.15, 0.2) is 5.82 Å². The highest BCUT2D eigenvalue weighted by molar-refractivity contribution is 6.29. The summed E-state index contributed by atoms with van der Waals surface area (Å²) in [5, 5.41) is 25.8. The van der Waals surface area contributed by atoms with Crippen LogP contribution in [-0.4, -0.2) is 22.0 Å². The fourth-order valence-corrected chi connectivity index (χ4v) is 1.03. The molecule has 0 aliphatic rings. The molecule has 0 atom stereocenters. The topological polar surface area (TPSA) is 105 Å². The molecule has 0 radical (unpaired) electrons. The third kappa shape index (κ3) is 2.46. The van der Waals surface area contributed by atoms with Crippen LogP contribution in [-0.2, 0) is 11.2 Å². The molecule has 0 bridgehead atoms. The van der Waals surface area contributed by atoms with Gasteiger partial charge < -0.3 is 5.32 Å². The van der Waals surface area contributed by atoms with Crippen LogP contribution in [0.4, 0.5) is 5.82 Å². The monoisotopic (exact) mass is 223 g/mol. The molecule has 0 aliphatic heterocycles. The first-order valence-electron chi connectivity index (χ1n) is 3.93. The van der Waals surface area contributed by atoms with Crippen molar-refractivity contribution >= 4 is 23.3 Å². The maximum atomic E-state index is 10.9. The van der Waals surface area contributed by atoms with Gasteiger partial charge in [-0.05, 0) is 0 Å². The van der Waals surface area contributed by atoms with E-state index in [0.29, 0.717) is 5.69 Å². The zero-order valence-electron chi connectivity index (χ0n) is 7.54. The van der Waals surface area contributed by atoms with Crippen molar-refractivity contribution in [1.82, 2.24) is 10.2 Å². The number of hydrogen-bond donors (Lipinski definition) is 2. The van der Waals surface area contributed by atoms with Crippen LogP contribution in [0.1, 0.15) is 11.3 Å². The third-order valence-corrected chi connectivity index (χ3v) is 1.83. The molecule has 1 amide bonds. The van der Waals surface area contributed by atoms with E-state index >= 15 is 0 Å². The van der Waals surface area contributed by atoms with Gasteiger partial charge in [0.05, 0.1) is 18.2 Å². The van der Waals surface area contributed by atoms with Gasteiger partial charge in [0.2, 0.25) is 5.91 Å². The summed E-state index contributed by atoms with van der Waals surface area (Å²) in [6, 6.07) is 3.73. The quantitative estimate of drug-likeness (QED) is 0.729. The molecule has 0 saturated heterocycles. The molecule has 1 rings (SSSR count). The maximum absolute atomic E-state index is 10.9. The smallest absolute Gasteiger partial charge is 0.240 e. The number of nitrogens with one attached hydrogen (secondary N) is 2. The van der Waals surface area contributed by atoms with Gasteiger partial charge in [-0.3, -0.25) is 9.89 Å². The molecular formula is C8H6ClN5O. The van der Waals surface area contributed by atoms with E-state index in [-0.39, 0.29) is 23.7 Å². The lowest BCUT2D eigenvalue weighted by molar-refractivity contribution is -0.113. The fourth-order valence-electron chi connectivity index (χ4n) is 0.961. The molecule has 1 aromatic rings. The lowest BCUT2D eigenvalue weighted by Crippen LogP contribution is -2.13. The summed E-state index contributed by atoms with van der Waals surface area (Å²) in [6.07, 6.45) is 0.0344. The molecule has 1 aromatic heterocycles. The molecule has 0 unspecified atom stereocenters. The molecular weight excluding hydrogens is 218 g/mol. The van der Waals surface area contributed by atoms with Crippen molar-refractivity contribution < 1.29 is 4.79 Å². The van der Waals surface area contributed by atoms with E-state index in [1.807, 2.05) is 12.1 Å². The molecule has 0 saturated carbocycles. The van der Waals surface area contributed by atoms with Crippen LogP contribution < -0.4 is 5.32 Å². The Bertz CT molecular complexity index is 453. The van der Waals surface area contributed by atoms with Crippen molar-refractivity contribution in [1.29, 1.82) is 10.5 Å². The van der Waals surface area contributed by atoms with Gasteiger partial charge in [0.25, 0.3) is 0 Å². The normalized spacial score (nSPS) is 9.00. The van der Waals surface area contributed by atoms with Crippen LogP contribution in [0.3, 0.4) is 0 Å². The molecule has 0 aliphatic carbocycles. The van der Waals surface area contributed by atoms with Gasteiger partial charge in [-0.2, -0.15) is 15.6 Å². The van der Waals surface area contributed by atoms with E-state index in [9.17, 15) is 4.79 Å². The highest BCUT2D eigenvalue weighted by atomic mass is 35.5. The van der Waals surface area contributed by atoms with E-state index in [1.165, 1.54) is 0 Å². The Kier molecular flexibility index (Phi) is 3.67. The summed E-state index contributed by atoms with van der Waals surface area (Å²) in [7, 11) is 0.